The van der Waals surface area contributed by atoms with E-state index in [2.05, 4.69) is 10.3 Å². The second kappa shape index (κ2) is 5.30. The van der Waals surface area contributed by atoms with Gasteiger partial charge in [0.05, 0.1) is 5.56 Å². The molecule has 0 aliphatic rings. The fraction of sp³-hybridized carbons (Fsp3) is 0.0714. The van der Waals surface area contributed by atoms with Crippen LogP contribution in [0.3, 0.4) is 0 Å². The summed E-state index contributed by atoms with van der Waals surface area (Å²) in [6.45, 7) is 1.79. The van der Waals surface area contributed by atoms with Gasteiger partial charge in [0.15, 0.2) is 0 Å². The summed E-state index contributed by atoms with van der Waals surface area (Å²) in [5.41, 5.74) is 1.79. The first-order chi connectivity index (χ1) is 9.06. The van der Waals surface area contributed by atoms with Crippen LogP contribution in [-0.2, 0) is 0 Å². The number of aromatic nitrogens is 1. The van der Waals surface area contributed by atoms with Crippen LogP contribution < -0.4 is 5.32 Å². The lowest BCUT2D eigenvalue weighted by Crippen LogP contribution is -2.12. The van der Waals surface area contributed by atoms with Crippen molar-refractivity contribution in [1.29, 1.82) is 0 Å². The number of nitrogens with zero attached hydrogens (tertiary/aromatic N) is 1. The number of carbonyl (C=O) groups excluding carboxylic acids is 1. The highest BCUT2D eigenvalue weighted by Crippen LogP contribution is 2.12. The normalized spacial score (nSPS) is 9.95. The molecule has 0 fully saturated rings. The number of carboxylic acids is 1. The van der Waals surface area contributed by atoms with Gasteiger partial charge in [0, 0.05) is 23.1 Å². The molecule has 0 saturated carbocycles. The first-order valence-electron chi connectivity index (χ1n) is 5.63. The molecule has 1 aromatic carbocycles. The maximum absolute atomic E-state index is 12.0. The standard InChI is InChI=1S/C14H12N2O3/c1-9-7-10(5-6-15-9)13(17)16-12-4-2-3-11(8-12)14(18)19/h2-8H,1H3,(H,16,17)(H,18,19). The highest BCUT2D eigenvalue weighted by Gasteiger charge is 2.08. The van der Waals surface area contributed by atoms with Gasteiger partial charge in [-0.3, -0.25) is 9.78 Å². The largest absolute Gasteiger partial charge is 0.478 e. The molecule has 19 heavy (non-hydrogen) atoms. The monoisotopic (exact) mass is 256 g/mol. The third-order valence-electron chi connectivity index (χ3n) is 2.53. The molecule has 1 amide bonds. The van der Waals surface area contributed by atoms with Gasteiger partial charge in [-0.05, 0) is 37.3 Å². The number of carbonyl (C=O) groups is 2. The van der Waals surface area contributed by atoms with E-state index in [4.69, 9.17) is 5.11 Å². The van der Waals surface area contributed by atoms with Crippen molar-refractivity contribution < 1.29 is 14.7 Å². The number of pyridine rings is 1. The quantitative estimate of drug-likeness (QED) is 0.883. The van der Waals surface area contributed by atoms with Gasteiger partial charge in [-0.1, -0.05) is 6.07 Å². The smallest absolute Gasteiger partial charge is 0.335 e. The van der Waals surface area contributed by atoms with Crippen molar-refractivity contribution in [2.45, 2.75) is 6.92 Å². The van der Waals surface area contributed by atoms with Crippen LogP contribution in [0.4, 0.5) is 5.69 Å². The predicted molar refractivity (Wildman–Crippen MR) is 70.3 cm³/mol. The number of benzene rings is 1. The molecule has 5 heteroatoms. The minimum atomic E-state index is -1.03. The minimum Gasteiger partial charge on any atom is -0.478 e. The van der Waals surface area contributed by atoms with E-state index in [1.54, 1.807) is 37.4 Å². The van der Waals surface area contributed by atoms with E-state index in [0.717, 1.165) is 5.69 Å². The highest BCUT2D eigenvalue weighted by atomic mass is 16.4. The van der Waals surface area contributed by atoms with Crippen molar-refractivity contribution >= 4 is 17.6 Å². The van der Waals surface area contributed by atoms with Gasteiger partial charge in [0.1, 0.15) is 0 Å². The molecule has 0 spiro atoms. The zero-order chi connectivity index (χ0) is 13.8. The van der Waals surface area contributed by atoms with E-state index < -0.39 is 5.97 Å². The molecule has 2 aromatic rings. The Balaban J connectivity index is 2.19. The third-order valence-corrected chi connectivity index (χ3v) is 2.53. The number of aromatic carboxylic acids is 1. The third kappa shape index (κ3) is 3.16. The number of rotatable bonds is 3. The van der Waals surface area contributed by atoms with Gasteiger partial charge >= 0.3 is 5.97 Å². The van der Waals surface area contributed by atoms with E-state index >= 15 is 0 Å². The number of hydrogen-bond donors (Lipinski definition) is 2. The zero-order valence-corrected chi connectivity index (χ0v) is 10.3. The van der Waals surface area contributed by atoms with Crippen LogP contribution in [0, 0.1) is 6.92 Å². The molecular formula is C14H12N2O3. The maximum atomic E-state index is 12.0. The van der Waals surface area contributed by atoms with Crippen LogP contribution >= 0.6 is 0 Å². The summed E-state index contributed by atoms with van der Waals surface area (Å²) in [4.78, 5) is 26.8. The van der Waals surface area contributed by atoms with Crippen molar-refractivity contribution in [2.75, 3.05) is 5.32 Å². The molecule has 96 valence electrons. The Morgan fingerprint density at radius 3 is 2.63 bits per heavy atom. The number of hydrogen-bond acceptors (Lipinski definition) is 3. The molecule has 1 heterocycles. The van der Waals surface area contributed by atoms with E-state index in [9.17, 15) is 9.59 Å². The van der Waals surface area contributed by atoms with Crippen molar-refractivity contribution in [3.8, 4) is 0 Å². The van der Waals surface area contributed by atoms with Gasteiger partial charge in [-0.15, -0.1) is 0 Å². The van der Waals surface area contributed by atoms with Crippen molar-refractivity contribution in [3.05, 3.63) is 59.4 Å². The molecule has 0 saturated heterocycles. The van der Waals surface area contributed by atoms with E-state index in [1.165, 1.54) is 12.1 Å². The predicted octanol–water partition coefficient (Wildman–Crippen LogP) is 2.34. The fourth-order valence-corrected chi connectivity index (χ4v) is 1.62. The van der Waals surface area contributed by atoms with Crippen LogP contribution in [0.2, 0.25) is 0 Å². The Kier molecular flexibility index (Phi) is 3.56. The summed E-state index contributed by atoms with van der Waals surface area (Å²) in [5.74, 6) is -1.33. The first-order valence-corrected chi connectivity index (χ1v) is 5.63. The van der Waals surface area contributed by atoms with Gasteiger partial charge in [-0.25, -0.2) is 4.79 Å². The lowest BCUT2D eigenvalue weighted by molar-refractivity contribution is 0.0696. The second-order valence-electron chi connectivity index (χ2n) is 4.03. The average Bonchev–Trinajstić information content (AvgIpc) is 2.39. The molecule has 2 N–H and O–H groups in total. The summed E-state index contributed by atoms with van der Waals surface area (Å²) in [7, 11) is 0. The lowest BCUT2D eigenvalue weighted by atomic mass is 10.2. The van der Waals surface area contributed by atoms with Crippen LogP contribution in [0.1, 0.15) is 26.4 Å². The van der Waals surface area contributed by atoms with Crippen molar-refractivity contribution in [2.24, 2.45) is 0 Å². The van der Waals surface area contributed by atoms with Gasteiger partial charge in [-0.2, -0.15) is 0 Å². The lowest BCUT2D eigenvalue weighted by Gasteiger charge is -2.06. The van der Waals surface area contributed by atoms with Crippen molar-refractivity contribution in [1.82, 2.24) is 4.98 Å². The summed E-state index contributed by atoms with van der Waals surface area (Å²) in [5, 5.41) is 11.5. The summed E-state index contributed by atoms with van der Waals surface area (Å²) >= 11 is 0. The molecule has 1 aromatic heterocycles. The van der Waals surface area contributed by atoms with Crippen molar-refractivity contribution in [3.63, 3.8) is 0 Å². The average molecular weight is 256 g/mol. The summed E-state index contributed by atoms with van der Waals surface area (Å²) in [6, 6.07) is 9.36. The van der Waals surface area contributed by atoms with Crippen LogP contribution in [0.25, 0.3) is 0 Å². The van der Waals surface area contributed by atoms with Gasteiger partial charge in [0.2, 0.25) is 0 Å². The molecule has 0 atom stereocenters. The summed E-state index contributed by atoms with van der Waals surface area (Å²) in [6.07, 6.45) is 1.55. The molecule has 0 bridgehead atoms. The minimum absolute atomic E-state index is 0.128. The van der Waals surface area contributed by atoms with Crippen LogP contribution in [-0.4, -0.2) is 22.0 Å². The van der Waals surface area contributed by atoms with E-state index in [-0.39, 0.29) is 11.5 Å². The maximum Gasteiger partial charge on any atom is 0.335 e. The fourth-order valence-electron chi connectivity index (χ4n) is 1.62. The Hall–Kier alpha value is -2.69. The van der Waals surface area contributed by atoms with Gasteiger partial charge < -0.3 is 10.4 Å². The number of anilines is 1. The first kappa shape index (κ1) is 12.8. The second-order valence-corrected chi connectivity index (χ2v) is 4.03. The highest BCUT2D eigenvalue weighted by molar-refractivity contribution is 6.04. The van der Waals surface area contributed by atoms with Crippen LogP contribution in [0.15, 0.2) is 42.6 Å². The van der Waals surface area contributed by atoms with Crippen LogP contribution in [0.5, 0.6) is 0 Å². The molecule has 0 aliphatic heterocycles. The molecule has 0 aliphatic carbocycles. The molecule has 0 radical (unpaired) electrons. The van der Waals surface area contributed by atoms with Gasteiger partial charge in [0.25, 0.3) is 5.91 Å². The Morgan fingerprint density at radius 1 is 1.16 bits per heavy atom. The Bertz CT molecular complexity index is 638. The topological polar surface area (TPSA) is 79.3 Å². The molecule has 2 rings (SSSR count). The van der Waals surface area contributed by atoms with E-state index in [0.29, 0.717) is 11.3 Å². The van der Waals surface area contributed by atoms with E-state index in [1.807, 2.05) is 0 Å². The molecular weight excluding hydrogens is 244 g/mol. The number of aryl methyl sites for hydroxylation is 1. The Morgan fingerprint density at radius 2 is 1.95 bits per heavy atom. The number of carboxylic acid groups (broad SMARTS) is 1. The number of nitrogens with one attached hydrogen (secondary N) is 1. The molecule has 0 unspecified atom stereocenters. The Labute approximate surface area is 109 Å². The number of amides is 1. The summed E-state index contributed by atoms with van der Waals surface area (Å²) < 4.78 is 0. The zero-order valence-electron chi connectivity index (χ0n) is 10.3. The molecule has 5 nitrogen and oxygen atoms in total. The SMILES string of the molecule is Cc1cc(C(=O)Nc2cccc(C(=O)O)c2)ccn1.